The number of carbonyl (C=O) groups is 2. The number of rotatable bonds is 5. The number of hydrogen-bond donors (Lipinski definition) is 1. The molecule has 2 aliphatic heterocycles. The predicted octanol–water partition coefficient (Wildman–Crippen LogP) is 4.43. The van der Waals surface area contributed by atoms with Crippen LogP contribution in [0.1, 0.15) is 39.5 Å². The maximum Gasteiger partial charge on any atom is 0.419 e. The van der Waals surface area contributed by atoms with Crippen molar-refractivity contribution in [2.24, 2.45) is 17.6 Å². The number of aryl methyl sites for hydroxylation is 1. The van der Waals surface area contributed by atoms with E-state index in [1.165, 1.54) is 4.90 Å². The summed E-state index contributed by atoms with van der Waals surface area (Å²) in [6.07, 6.45) is -4.77. The van der Waals surface area contributed by atoms with Crippen molar-refractivity contribution in [2.75, 3.05) is 26.2 Å². The van der Waals surface area contributed by atoms with Crippen LogP contribution in [0.5, 0.6) is 0 Å². The van der Waals surface area contributed by atoms with Gasteiger partial charge in [-0.1, -0.05) is 29.8 Å². The molecule has 0 spiro atoms. The molecule has 2 aliphatic rings. The third-order valence-corrected chi connectivity index (χ3v) is 7.16. The number of carbonyl (C=O) groups excluding carboxylic acids is 2. The third-order valence-electron chi connectivity index (χ3n) is 6.75. The summed E-state index contributed by atoms with van der Waals surface area (Å²) < 4.78 is 53.6. The van der Waals surface area contributed by atoms with E-state index in [-0.39, 0.29) is 24.3 Å². The molecular weight excluding hydrogens is 474 g/mol. The molecule has 2 aromatic carbocycles. The highest BCUT2D eigenvalue weighted by molar-refractivity contribution is 6.31. The van der Waals surface area contributed by atoms with Gasteiger partial charge in [-0.05, 0) is 48.1 Å². The Labute approximate surface area is 199 Å². The van der Waals surface area contributed by atoms with Crippen LogP contribution in [-0.4, -0.2) is 47.8 Å². The predicted molar refractivity (Wildman–Crippen MR) is 119 cm³/mol. The summed E-state index contributed by atoms with van der Waals surface area (Å²) in [5.74, 6) is -2.64. The summed E-state index contributed by atoms with van der Waals surface area (Å²) in [4.78, 5) is 28.2. The van der Waals surface area contributed by atoms with Gasteiger partial charge in [0.1, 0.15) is 5.82 Å². The Balaban J connectivity index is 1.49. The number of amides is 2. The summed E-state index contributed by atoms with van der Waals surface area (Å²) in [7, 11) is 0. The molecule has 2 heterocycles. The number of halogens is 5. The highest BCUT2D eigenvalue weighted by Gasteiger charge is 2.45. The van der Waals surface area contributed by atoms with E-state index in [0.717, 1.165) is 23.3 Å². The highest BCUT2D eigenvalue weighted by atomic mass is 35.5. The van der Waals surface area contributed by atoms with Crippen LogP contribution in [0, 0.1) is 24.6 Å². The lowest BCUT2D eigenvalue weighted by Crippen LogP contribution is -2.36. The van der Waals surface area contributed by atoms with Crippen LogP contribution in [0.2, 0.25) is 5.02 Å². The molecule has 0 aliphatic carbocycles. The lowest BCUT2D eigenvalue weighted by Gasteiger charge is -2.29. The van der Waals surface area contributed by atoms with Crippen molar-refractivity contribution in [3.05, 3.63) is 69.5 Å². The van der Waals surface area contributed by atoms with Gasteiger partial charge in [-0.25, -0.2) is 4.39 Å². The Bertz CT molecular complexity index is 1110. The van der Waals surface area contributed by atoms with Gasteiger partial charge in [0.25, 0.3) is 5.91 Å². The molecule has 0 bridgehead atoms. The van der Waals surface area contributed by atoms with Crippen LogP contribution >= 0.6 is 11.6 Å². The molecular formula is C24H24ClF4N3O2. The normalized spacial score (nSPS) is 21.5. The molecule has 0 saturated carbocycles. The SMILES string of the molecule is Cc1ccc(C(CC(N)=O)N2CC3CN(C(=O)c4cccc(C(F)(F)F)c4F)CC3C2)cc1Cl. The minimum Gasteiger partial charge on any atom is -0.370 e. The number of alkyl halides is 3. The molecule has 2 amide bonds. The Morgan fingerprint density at radius 2 is 1.76 bits per heavy atom. The van der Waals surface area contributed by atoms with Crippen LogP contribution in [0.15, 0.2) is 36.4 Å². The first-order valence-corrected chi connectivity index (χ1v) is 11.3. The van der Waals surface area contributed by atoms with Crippen LogP contribution in [0.3, 0.4) is 0 Å². The molecule has 0 aromatic heterocycles. The fraction of sp³-hybridized carbons (Fsp3) is 0.417. The monoisotopic (exact) mass is 497 g/mol. The van der Waals surface area contributed by atoms with E-state index in [0.29, 0.717) is 37.3 Å². The van der Waals surface area contributed by atoms with Gasteiger partial charge in [0.05, 0.1) is 11.1 Å². The van der Waals surface area contributed by atoms with Crippen molar-refractivity contribution in [2.45, 2.75) is 25.6 Å². The summed E-state index contributed by atoms with van der Waals surface area (Å²) in [6, 6.07) is 8.09. The lowest BCUT2D eigenvalue weighted by atomic mass is 10.0. The topological polar surface area (TPSA) is 66.6 Å². The summed E-state index contributed by atoms with van der Waals surface area (Å²) in [5.41, 5.74) is 5.26. The number of primary amides is 1. The first-order chi connectivity index (χ1) is 16.0. The average molecular weight is 498 g/mol. The molecule has 0 radical (unpaired) electrons. The van der Waals surface area contributed by atoms with Gasteiger partial charge >= 0.3 is 6.18 Å². The standard InChI is InChI=1S/C24H24ClF4N3O2/c1-13-5-6-14(7-19(13)25)20(8-21(30)33)31-9-15-11-32(12-16(15)10-31)23(34)17-3-2-4-18(22(17)26)24(27,28)29/h2-7,15-16,20H,8-12H2,1H3,(H2,30,33). The zero-order valence-corrected chi connectivity index (χ0v) is 19.2. The number of likely N-dealkylation sites (tertiary alicyclic amines) is 2. The molecule has 3 atom stereocenters. The molecule has 2 saturated heterocycles. The molecule has 3 unspecified atom stereocenters. The van der Waals surface area contributed by atoms with Gasteiger partial charge in [-0.15, -0.1) is 0 Å². The molecule has 5 nitrogen and oxygen atoms in total. The van der Waals surface area contributed by atoms with Gasteiger partial charge in [0, 0.05) is 43.7 Å². The number of benzene rings is 2. The smallest absolute Gasteiger partial charge is 0.370 e. The minimum absolute atomic E-state index is 0.0501. The number of hydrogen-bond acceptors (Lipinski definition) is 3. The summed E-state index contributed by atoms with van der Waals surface area (Å²) >= 11 is 6.28. The van der Waals surface area contributed by atoms with Crippen LogP contribution in [0.4, 0.5) is 17.6 Å². The fourth-order valence-corrected chi connectivity index (χ4v) is 5.19. The van der Waals surface area contributed by atoms with Crippen molar-refractivity contribution >= 4 is 23.4 Å². The van der Waals surface area contributed by atoms with E-state index in [9.17, 15) is 27.2 Å². The van der Waals surface area contributed by atoms with Gasteiger partial charge in [-0.2, -0.15) is 13.2 Å². The number of nitrogens with two attached hydrogens (primary N) is 1. The Morgan fingerprint density at radius 1 is 1.12 bits per heavy atom. The maximum absolute atomic E-state index is 14.5. The second kappa shape index (κ2) is 9.19. The molecule has 2 fully saturated rings. The van der Waals surface area contributed by atoms with E-state index < -0.39 is 34.9 Å². The maximum atomic E-state index is 14.5. The van der Waals surface area contributed by atoms with E-state index in [1.54, 1.807) is 0 Å². The second-order valence-electron chi connectivity index (χ2n) is 9.04. The van der Waals surface area contributed by atoms with Gasteiger partial charge in [0.15, 0.2) is 0 Å². The van der Waals surface area contributed by atoms with Crippen molar-refractivity contribution in [3.8, 4) is 0 Å². The van der Waals surface area contributed by atoms with Crippen molar-refractivity contribution in [1.29, 1.82) is 0 Å². The summed E-state index contributed by atoms with van der Waals surface area (Å²) in [5, 5.41) is 0.589. The zero-order chi connectivity index (χ0) is 24.8. The minimum atomic E-state index is -4.88. The molecule has 2 aromatic rings. The van der Waals surface area contributed by atoms with Crippen LogP contribution in [0.25, 0.3) is 0 Å². The first-order valence-electron chi connectivity index (χ1n) is 10.9. The Hall–Kier alpha value is -2.65. The van der Waals surface area contributed by atoms with E-state index in [1.807, 2.05) is 25.1 Å². The molecule has 10 heteroatoms. The Morgan fingerprint density at radius 3 is 2.32 bits per heavy atom. The number of fused-ring (bicyclic) bond motifs is 1. The Kier molecular flexibility index (Phi) is 6.61. The lowest BCUT2D eigenvalue weighted by molar-refractivity contribution is -0.140. The van der Waals surface area contributed by atoms with Gasteiger partial charge in [-0.3, -0.25) is 14.5 Å². The van der Waals surface area contributed by atoms with Crippen molar-refractivity contribution < 1.29 is 27.2 Å². The molecule has 34 heavy (non-hydrogen) atoms. The molecule has 4 rings (SSSR count). The number of nitrogens with zero attached hydrogens (tertiary/aromatic N) is 2. The zero-order valence-electron chi connectivity index (χ0n) is 18.4. The van der Waals surface area contributed by atoms with Crippen molar-refractivity contribution in [1.82, 2.24) is 9.80 Å². The first kappa shape index (κ1) is 24.5. The van der Waals surface area contributed by atoms with E-state index in [2.05, 4.69) is 4.90 Å². The third kappa shape index (κ3) is 4.77. The van der Waals surface area contributed by atoms with E-state index >= 15 is 0 Å². The van der Waals surface area contributed by atoms with Crippen LogP contribution in [-0.2, 0) is 11.0 Å². The molecule has 182 valence electrons. The second-order valence-corrected chi connectivity index (χ2v) is 9.45. The summed E-state index contributed by atoms with van der Waals surface area (Å²) in [6.45, 7) is 3.63. The quantitative estimate of drug-likeness (QED) is 0.622. The fourth-order valence-electron chi connectivity index (χ4n) is 5.00. The molecule has 2 N–H and O–H groups in total. The highest BCUT2D eigenvalue weighted by Crippen LogP contribution is 2.39. The average Bonchev–Trinajstić information content (AvgIpc) is 3.32. The largest absolute Gasteiger partial charge is 0.419 e. The van der Waals surface area contributed by atoms with Crippen LogP contribution < -0.4 is 5.73 Å². The van der Waals surface area contributed by atoms with Crippen molar-refractivity contribution in [3.63, 3.8) is 0 Å². The van der Waals surface area contributed by atoms with Gasteiger partial charge < -0.3 is 10.6 Å². The van der Waals surface area contributed by atoms with Gasteiger partial charge in [0.2, 0.25) is 5.91 Å². The van der Waals surface area contributed by atoms with E-state index in [4.69, 9.17) is 17.3 Å².